The van der Waals surface area contributed by atoms with E-state index in [0.29, 0.717) is 12.4 Å². The summed E-state index contributed by atoms with van der Waals surface area (Å²) in [6, 6.07) is 7.92. The van der Waals surface area contributed by atoms with Gasteiger partial charge in [0.2, 0.25) is 0 Å². The van der Waals surface area contributed by atoms with Crippen LogP contribution in [0.5, 0.6) is 5.75 Å². The number of para-hydroxylation sites is 1. The number of aromatic nitrogens is 3. The quantitative estimate of drug-likeness (QED) is 0.692. The summed E-state index contributed by atoms with van der Waals surface area (Å²) in [5.41, 5.74) is 4.23. The van der Waals surface area contributed by atoms with E-state index in [0.717, 1.165) is 28.2 Å². The van der Waals surface area contributed by atoms with E-state index in [1.54, 1.807) is 13.3 Å². The second kappa shape index (κ2) is 5.74. The van der Waals surface area contributed by atoms with Crippen molar-refractivity contribution >= 4 is 22.6 Å². The zero-order valence-corrected chi connectivity index (χ0v) is 12.8. The van der Waals surface area contributed by atoms with Crippen molar-refractivity contribution in [2.75, 3.05) is 7.11 Å². The molecule has 0 radical (unpaired) electrons. The molecule has 0 unspecified atom stereocenters. The highest BCUT2D eigenvalue weighted by Crippen LogP contribution is 2.27. The average Bonchev–Trinajstić information content (AvgIpc) is 2.87. The lowest BCUT2D eigenvalue weighted by molar-refractivity contribution is 0.419. The summed E-state index contributed by atoms with van der Waals surface area (Å²) in [4.78, 5) is 8.82. The summed E-state index contributed by atoms with van der Waals surface area (Å²) in [6.45, 7) is 2.78. The molecule has 2 aromatic heterocycles. The van der Waals surface area contributed by atoms with E-state index in [2.05, 4.69) is 21.5 Å². The van der Waals surface area contributed by atoms with Crippen LogP contribution in [0.15, 0.2) is 36.7 Å². The minimum Gasteiger partial charge on any atom is -0.494 e. The first-order valence-corrected chi connectivity index (χ1v) is 7.25. The SMILES string of the molecule is COc1cccc2c1nc(CCl)n2Cc1cnccc1C. The first-order chi connectivity index (χ1) is 10.2. The zero-order valence-electron chi connectivity index (χ0n) is 12.0. The van der Waals surface area contributed by atoms with Gasteiger partial charge in [0.05, 0.1) is 25.1 Å². The van der Waals surface area contributed by atoms with Crippen molar-refractivity contribution in [1.82, 2.24) is 14.5 Å². The number of ether oxygens (including phenoxy) is 1. The molecule has 1 aromatic carbocycles. The fourth-order valence-electron chi connectivity index (χ4n) is 2.45. The number of nitrogens with zero attached hydrogens (tertiary/aromatic N) is 3. The molecule has 0 saturated carbocycles. The van der Waals surface area contributed by atoms with Gasteiger partial charge in [-0.15, -0.1) is 11.6 Å². The van der Waals surface area contributed by atoms with Crippen LogP contribution in [0.25, 0.3) is 11.0 Å². The molecule has 3 rings (SSSR count). The minimum atomic E-state index is 0.358. The lowest BCUT2D eigenvalue weighted by Crippen LogP contribution is -2.05. The summed E-state index contributed by atoms with van der Waals surface area (Å²) in [5, 5.41) is 0. The molecule has 3 aromatic rings. The van der Waals surface area contributed by atoms with Crippen molar-refractivity contribution in [1.29, 1.82) is 0 Å². The maximum absolute atomic E-state index is 6.07. The number of rotatable bonds is 4. The van der Waals surface area contributed by atoms with Crippen molar-refractivity contribution in [3.8, 4) is 5.75 Å². The van der Waals surface area contributed by atoms with E-state index in [1.165, 1.54) is 5.56 Å². The largest absolute Gasteiger partial charge is 0.494 e. The number of halogens is 1. The van der Waals surface area contributed by atoms with Gasteiger partial charge in [-0.25, -0.2) is 4.98 Å². The van der Waals surface area contributed by atoms with Crippen molar-refractivity contribution in [3.05, 3.63) is 53.6 Å². The predicted octanol–water partition coefficient (Wildman–Crippen LogP) is 3.54. The molecule has 0 aliphatic carbocycles. The first kappa shape index (κ1) is 13.9. The number of methoxy groups -OCH3 is 1. The highest BCUT2D eigenvalue weighted by molar-refractivity contribution is 6.16. The highest BCUT2D eigenvalue weighted by atomic mass is 35.5. The van der Waals surface area contributed by atoms with Crippen molar-refractivity contribution in [2.45, 2.75) is 19.3 Å². The van der Waals surface area contributed by atoms with E-state index < -0.39 is 0 Å². The molecule has 0 aliphatic heterocycles. The van der Waals surface area contributed by atoms with Crippen LogP contribution in [-0.4, -0.2) is 21.6 Å². The zero-order chi connectivity index (χ0) is 14.8. The van der Waals surface area contributed by atoms with Gasteiger partial charge in [-0.3, -0.25) is 4.98 Å². The van der Waals surface area contributed by atoms with Gasteiger partial charge in [0.1, 0.15) is 17.1 Å². The molecule has 0 spiro atoms. The second-order valence-corrected chi connectivity index (χ2v) is 5.15. The van der Waals surface area contributed by atoms with Gasteiger partial charge in [0, 0.05) is 12.4 Å². The molecule has 21 heavy (non-hydrogen) atoms. The van der Waals surface area contributed by atoms with E-state index in [4.69, 9.17) is 16.3 Å². The molecular weight excluding hydrogens is 286 g/mol. The van der Waals surface area contributed by atoms with Crippen LogP contribution in [0, 0.1) is 6.92 Å². The normalized spacial score (nSPS) is 11.0. The Morgan fingerprint density at radius 1 is 1.29 bits per heavy atom. The molecule has 0 amide bonds. The minimum absolute atomic E-state index is 0.358. The predicted molar refractivity (Wildman–Crippen MR) is 83.9 cm³/mol. The number of hydrogen-bond donors (Lipinski definition) is 0. The maximum Gasteiger partial charge on any atom is 0.146 e. The molecule has 0 saturated heterocycles. The van der Waals surface area contributed by atoms with Crippen molar-refractivity contribution in [2.24, 2.45) is 0 Å². The third-order valence-electron chi connectivity index (χ3n) is 3.64. The van der Waals surface area contributed by atoms with Gasteiger partial charge in [-0.2, -0.15) is 0 Å². The topological polar surface area (TPSA) is 39.9 Å². The summed E-state index contributed by atoms with van der Waals surface area (Å²) in [7, 11) is 1.65. The number of fused-ring (bicyclic) bond motifs is 1. The lowest BCUT2D eigenvalue weighted by atomic mass is 10.1. The third kappa shape index (κ3) is 2.47. The van der Waals surface area contributed by atoms with Crippen LogP contribution in [-0.2, 0) is 12.4 Å². The van der Waals surface area contributed by atoms with Crippen LogP contribution < -0.4 is 4.74 Å². The van der Waals surface area contributed by atoms with E-state index in [-0.39, 0.29) is 0 Å². The molecule has 4 nitrogen and oxygen atoms in total. The standard InChI is InChI=1S/C16H16ClN3O/c1-11-6-7-18-9-12(11)10-20-13-4-3-5-14(21-2)16(13)19-15(20)8-17/h3-7,9H,8,10H2,1-2H3. The fourth-order valence-corrected chi connectivity index (χ4v) is 2.65. The Labute approximate surface area is 128 Å². The molecule has 2 heterocycles. The molecular formula is C16H16ClN3O. The molecule has 108 valence electrons. The number of imidazole rings is 1. The lowest BCUT2D eigenvalue weighted by Gasteiger charge is -2.10. The monoisotopic (exact) mass is 301 g/mol. The van der Waals surface area contributed by atoms with Gasteiger partial charge >= 0.3 is 0 Å². The van der Waals surface area contributed by atoms with Gasteiger partial charge in [0.15, 0.2) is 0 Å². The van der Waals surface area contributed by atoms with E-state index >= 15 is 0 Å². The highest BCUT2D eigenvalue weighted by Gasteiger charge is 2.14. The smallest absolute Gasteiger partial charge is 0.146 e. The molecule has 0 bridgehead atoms. The van der Waals surface area contributed by atoms with Crippen LogP contribution in [0.4, 0.5) is 0 Å². The van der Waals surface area contributed by atoms with Crippen LogP contribution in [0.3, 0.4) is 0 Å². The summed E-state index contributed by atoms with van der Waals surface area (Å²) in [6.07, 6.45) is 3.69. The average molecular weight is 302 g/mol. The molecule has 5 heteroatoms. The van der Waals surface area contributed by atoms with Crippen LogP contribution in [0.1, 0.15) is 17.0 Å². The van der Waals surface area contributed by atoms with Crippen molar-refractivity contribution in [3.63, 3.8) is 0 Å². The van der Waals surface area contributed by atoms with E-state index in [1.807, 2.05) is 30.5 Å². The van der Waals surface area contributed by atoms with Crippen LogP contribution >= 0.6 is 11.6 Å². The number of aryl methyl sites for hydroxylation is 1. The van der Waals surface area contributed by atoms with E-state index in [9.17, 15) is 0 Å². The van der Waals surface area contributed by atoms with Crippen LogP contribution in [0.2, 0.25) is 0 Å². The summed E-state index contributed by atoms with van der Waals surface area (Å²) >= 11 is 6.07. The molecule has 0 fully saturated rings. The Bertz CT molecular complexity index is 782. The number of alkyl halides is 1. The summed E-state index contributed by atoms with van der Waals surface area (Å²) in [5.74, 6) is 1.96. The molecule has 0 aliphatic rings. The van der Waals surface area contributed by atoms with Crippen molar-refractivity contribution < 1.29 is 4.74 Å². The maximum atomic E-state index is 6.07. The number of pyridine rings is 1. The number of hydrogen-bond acceptors (Lipinski definition) is 3. The Balaban J connectivity index is 2.15. The van der Waals surface area contributed by atoms with Gasteiger partial charge in [0.25, 0.3) is 0 Å². The van der Waals surface area contributed by atoms with Gasteiger partial charge < -0.3 is 9.30 Å². The Kier molecular flexibility index (Phi) is 3.80. The third-order valence-corrected chi connectivity index (χ3v) is 3.88. The molecule has 0 N–H and O–H groups in total. The summed E-state index contributed by atoms with van der Waals surface area (Å²) < 4.78 is 7.50. The number of benzene rings is 1. The Morgan fingerprint density at radius 3 is 2.86 bits per heavy atom. The van der Waals surface area contributed by atoms with Gasteiger partial charge in [-0.05, 0) is 36.2 Å². The first-order valence-electron chi connectivity index (χ1n) is 6.72. The van der Waals surface area contributed by atoms with Gasteiger partial charge in [-0.1, -0.05) is 6.07 Å². The Hall–Kier alpha value is -2.07. The Morgan fingerprint density at radius 2 is 2.14 bits per heavy atom. The molecule has 0 atom stereocenters. The second-order valence-electron chi connectivity index (χ2n) is 4.88. The fraction of sp³-hybridized carbons (Fsp3) is 0.250.